The summed E-state index contributed by atoms with van der Waals surface area (Å²) in [5, 5.41) is 20.5. The predicted octanol–water partition coefficient (Wildman–Crippen LogP) is 3.81. The van der Waals surface area contributed by atoms with Crippen molar-refractivity contribution in [1.82, 2.24) is 4.98 Å². The van der Waals surface area contributed by atoms with E-state index < -0.39 is 16.7 Å². The van der Waals surface area contributed by atoms with E-state index >= 15 is 0 Å². The molecule has 1 N–H and O–H groups in total. The molecule has 1 heterocycles. The largest absolute Gasteiger partial charge is 0.462 e. The molecule has 8 heteroatoms. The van der Waals surface area contributed by atoms with E-state index in [-0.39, 0.29) is 29.1 Å². The normalized spacial score (nSPS) is 11.0. The fourth-order valence-electron chi connectivity index (χ4n) is 2.85. The molecule has 0 amide bonds. The number of allylic oxidation sites excluding steroid dienone is 1. The second-order valence-electron chi connectivity index (χ2n) is 6.15. The van der Waals surface area contributed by atoms with Crippen LogP contribution in [0.2, 0.25) is 0 Å². The highest BCUT2D eigenvalue weighted by Crippen LogP contribution is 2.24. The highest BCUT2D eigenvalue weighted by atomic mass is 16.6. The zero-order chi connectivity index (χ0) is 21.0. The van der Waals surface area contributed by atoms with Crippen molar-refractivity contribution >= 4 is 23.5 Å². The first-order valence-electron chi connectivity index (χ1n) is 8.49. The molecule has 0 aliphatic carbocycles. The fourth-order valence-corrected chi connectivity index (χ4v) is 2.85. The molecule has 0 atom stereocenters. The number of ketones is 1. The summed E-state index contributed by atoms with van der Waals surface area (Å²) in [6.45, 7) is 6.70. The molecule has 0 saturated carbocycles. The van der Waals surface area contributed by atoms with E-state index in [1.165, 1.54) is 12.1 Å². The van der Waals surface area contributed by atoms with Gasteiger partial charge in [-0.2, -0.15) is 5.26 Å². The van der Waals surface area contributed by atoms with Crippen LogP contribution in [-0.2, 0) is 4.74 Å². The van der Waals surface area contributed by atoms with Gasteiger partial charge in [0.25, 0.3) is 5.69 Å². The van der Waals surface area contributed by atoms with Crippen LogP contribution in [0.3, 0.4) is 0 Å². The Morgan fingerprint density at radius 2 is 2.00 bits per heavy atom. The second kappa shape index (κ2) is 8.31. The van der Waals surface area contributed by atoms with E-state index in [0.717, 1.165) is 0 Å². The SMILES string of the molecule is CCOC(=O)c1c(C)[nH]c(C(=O)/C(C#N)=C/c2ccc(C)c([N+](=O)[O-])c2)c1C. The van der Waals surface area contributed by atoms with Gasteiger partial charge in [-0.15, -0.1) is 0 Å². The first kappa shape index (κ1) is 20.6. The van der Waals surface area contributed by atoms with Gasteiger partial charge in [0.1, 0.15) is 11.6 Å². The minimum absolute atomic E-state index is 0.102. The number of carbonyl (C=O) groups excluding carboxylic acids is 2. The lowest BCUT2D eigenvalue weighted by molar-refractivity contribution is -0.385. The number of benzene rings is 1. The number of aryl methyl sites for hydroxylation is 2. The van der Waals surface area contributed by atoms with Crippen LogP contribution in [0.1, 0.15) is 50.2 Å². The third-order valence-electron chi connectivity index (χ3n) is 4.25. The molecule has 0 aliphatic heterocycles. The maximum atomic E-state index is 12.8. The number of hydrogen-bond acceptors (Lipinski definition) is 6. The summed E-state index contributed by atoms with van der Waals surface area (Å²) in [6.07, 6.45) is 1.29. The maximum absolute atomic E-state index is 12.8. The van der Waals surface area contributed by atoms with Crippen LogP contribution in [0.4, 0.5) is 5.69 Å². The molecule has 1 aromatic heterocycles. The third kappa shape index (κ3) is 3.99. The van der Waals surface area contributed by atoms with Gasteiger partial charge in [0.05, 0.1) is 22.8 Å². The number of H-pyrrole nitrogens is 1. The maximum Gasteiger partial charge on any atom is 0.340 e. The smallest absolute Gasteiger partial charge is 0.340 e. The lowest BCUT2D eigenvalue weighted by atomic mass is 10.0. The molecule has 2 rings (SSSR count). The Hall–Kier alpha value is -3.73. The summed E-state index contributed by atoms with van der Waals surface area (Å²) >= 11 is 0. The summed E-state index contributed by atoms with van der Waals surface area (Å²) in [5.74, 6) is -1.16. The standard InChI is InChI=1S/C20H19N3O5/c1-5-28-20(25)17-12(3)18(22-13(17)4)19(24)15(10-21)8-14-7-6-11(2)16(9-14)23(26)27/h6-9,22H,5H2,1-4H3/b15-8+. The number of rotatable bonds is 6. The van der Waals surface area contributed by atoms with Crippen LogP contribution in [0.25, 0.3) is 6.08 Å². The van der Waals surface area contributed by atoms with E-state index in [2.05, 4.69) is 4.98 Å². The molecular formula is C20H19N3O5. The number of carbonyl (C=O) groups is 2. The molecule has 8 nitrogen and oxygen atoms in total. The summed E-state index contributed by atoms with van der Waals surface area (Å²) in [7, 11) is 0. The van der Waals surface area contributed by atoms with E-state index in [1.54, 1.807) is 39.8 Å². The number of hydrogen-bond donors (Lipinski definition) is 1. The Morgan fingerprint density at radius 1 is 1.32 bits per heavy atom. The highest BCUT2D eigenvalue weighted by molar-refractivity contribution is 6.15. The van der Waals surface area contributed by atoms with Crippen molar-refractivity contribution in [2.45, 2.75) is 27.7 Å². The van der Waals surface area contributed by atoms with Gasteiger partial charge in [0, 0.05) is 17.3 Å². The molecule has 0 radical (unpaired) electrons. The Labute approximate surface area is 161 Å². The van der Waals surface area contributed by atoms with Crippen LogP contribution in [0, 0.1) is 42.2 Å². The van der Waals surface area contributed by atoms with Crippen molar-refractivity contribution < 1.29 is 19.2 Å². The molecule has 0 aliphatic rings. The molecule has 28 heavy (non-hydrogen) atoms. The predicted molar refractivity (Wildman–Crippen MR) is 102 cm³/mol. The number of esters is 1. The monoisotopic (exact) mass is 381 g/mol. The average Bonchev–Trinajstić information content (AvgIpc) is 2.94. The molecule has 1 aromatic carbocycles. The van der Waals surface area contributed by atoms with Gasteiger partial charge in [0.2, 0.25) is 5.78 Å². The zero-order valence-electron chi connectivity index (χ0n) is 16.0. The molecule has 0 spiro atoms. The molecule has 0 unspecified atom stereocenters. The van der Waals surface area contributed by atoms with Crippen molar-refractivity contribution in [2.24, 2.45) is 0 Å². The minimum atomic E-state index is -0.609. The zero-order valence-corrected chi connectivity index (χ0v) is 16.0. The van der Waals surface area contributed by atoms with Gasteiger partial charge in [-0.3, -0.25) is 14.9 Å². The number of nitro benzene ring substituents is 1. The third-order valence-corrected chi connectivity index (χ3v) is 4.25. The highest BCUT2D eigenvalue weighted by Gasteiger charge is 2.25. The average molecular weight is 381 g/mol. The van der Waals surface area contributed by atoms with Crippen LogP contribution in [-0.4, -0.2) is 28.3 Å². The summed E-state index contributed by atoms with van der Waals surface area (Å²) < 4.78 is 5.00. The minimum Gasteiger partial charge on any atom is -0.462 e. The van der Waals surface area contributed by atoms with Gasteiger partial charge in [-0.05, 0) is 44.9 Å². The first-order chi connectivity index (χ1) is 13.2. The topological polar surface area (TPSA) is 126 Å². The lowest BCUT2D eigenvalue weighted by Crippen LogP contribution is -2.08. The van der Waals surface area contributed by atoms with E-state index in [4.69, 9.17) is 4.74 Å². The van der Waals surface area contributed by atoms with Gasteiger partial charge in [-0.25, -0.2) is 4.79 Å². The van der Waals surface area contributed by atoms with Crippen molar-refractivity contribution in [3.05, 3.63) is 67.5 Å². The van der Waals surface area contributed by atoms with Crippen LogP contribution in [0.5, 0.6) is 0 Å². The Morgan fingerprint density at radius 3 is 2.57 bits per heavy atom. The number of Topliss-reactive ketones (excluding diaryl/α,β-unsaturated/α-hetero) is 1. The van der Waals surface area contributed by atoms with Crippen LogP contribution >= 0.6 is 0 Å². The Bertz CT molecular complexity index is 1040. The Kier molecular flexibility index (Phi) is 6.11. The molecule has 0 fully saturated rings. The number of aromatic amines is 1. The number of nitrogens with zero attached hydrogens (tertiary/aromatic N) is 2. The van der Waals surface area contributed by atoms with E-state index in [9.17, 15) is 25.0 Å². The second-order valence-corrected chi connectivity index (χ2v) is 6.15. The van der Waals surface area contributed by atoms with E-state index in [1.807, 2.05) is 6.07 Å². The number of nitrogens with one attached hydrogen (secondary N) is 1. The Balaban J connectivity index is 2.48. The molecular weight excluding hydrogens is 362 g/mol. The number of nitro groups is 1. The van der Waals surface area contributed by atoms with Crippen LogP contribution in [0.15, 0.2) is 23.8 Å². The van der Waals surface area contributed by atoms with Crippen molar-refractivity contribution in [3.63, 3.8) is 0 Å². The number of aromatic nitrogens is 1. The molecule has 0 saturated heterocycles. The van der Waals surface area contributed by atoms with Crippen molar-refractivity contribution in [2.75, 3.05) is 6.61 Å². The molecule has 0 bridgehead atoms. The van der Waals surface area contributed by atoms with Gasteiger partial charge in [-0.1, -0.05) is 12.1 Å². The molecule has 2 aromatic rings. The van der Waals surface area contributed by atoms with Crippen LogP contribution < -0.4 is 0 Å². The fraction of sp³-hybridized carbons (Fsp3) is 0.250. The van der Waals surface area contributed by atoms with Crippen molar-refractivity contribution in [1.29, 1.82) is 5.26 Å². The van der Waals surface area contributed by atoms with Gasteiger partial charge < -0.3 is 9.72 Å². The first-order valence-corrected chi connectivity index (χ1v) is 8.49. The number of nitriles is 1. The molecule has 144 valence electrons. The quantitative estimate of drug-likeness (QED) is 0.202. The summed E-state index contributed by atoms with van der Waals surface area (Å²) in [4.78, 5) is 38.3. The van der Waals surface area contributed by atoms with Gasteiger partial charge >= 0.3 is 5.97 Å². The lowest BCUT2D eigenvalue weighted by Gasteiger charge is -2.03. The van der Waals surface area contributed by atoms with Crippen molar-refractivity contribution in [3.8, 4) is 6.07 Å². The number of ether oxygens (including phenoxy) is 1. The summed E-state index contributed by atoms with van der Waals surface area (Å²) in [6, 6.07) is 6.27. The summed E-state index contributed by atoms with van der Waals surface area (Å²) in [5.41, 5.74) is 1.73. The van der Waals surface area contributed by atoms with Gasteiger partial charge in [0.15, 0.2) is 0 Å². The van der Waals surface area contributed by atoms with E-state index in [0.29, 0.717) is 22.4 Å².